The van der Waals surface area contributed by atoms with E-state index in [0.717, 1.165) is 24.0 Å². The lowest BCUT2D eigenvalue weighted by atomic mass is 9.82. The molecule has 0 atom stereocenters. The second-order valence-corrected chi connectivity index (χ2v) is 9.20. The van der Waals surface area contributed by atoms with Crippen LogP contribution in [0.1, 0.15) is 46.0 Å². The Morgan fingerprint density at radius 1 is 1.32 bits per heavy atom. The van der Waals surface area contributed by atoms with Crippen molar-refractivity contribution < 1.29 is 0 Å². The second-order valence-electron chi connectivity index (χ2n) is 7.40. The Balaban J connectivity index is 1.32. The summed E-state index contributed by atoms with van der Waals surface area (Å²) in [4.78, 5) is 11.9. The highest BCUT2D eigenvalue weighted by Gasteiger charge is 2.38. The fraction of sp³-hybridized carbons (Fsp3) is 0.750. The van der Waals surface area contributed by atoms with Crippen LogP contribution in [0.3, 0.4) is 0 Å². The SMILES string of the molecule is CC1(C)CN2C(CSC3=NCC4(CCCCC4)N3)=CSC2=N1. The van der Waals surface area contributed by atoms with Crippen LogP contribution in [0.2, 0.25) is 0 Å². The van der Waals surface area contributed by atoms with E-state index in [1.165, 1.54) is 43.0 Å². The first-order valence-corrected chi connectivity index (χ1v) is 10.1. The fourth-order valence-electron chi connectivity index (χ4n) is 3.68. The molecule has 4 aliphatic rings. The van der Waals surface area contributed by atoms with Gasteiger partial charge in [-0.15, -0.1) is 0 Å². The molecule has 0 unspecified atom stereocenters. The van der Waals surface area contributed by atoms with E-state index in [1.807, 2.05) is 11.8 Å². The maximum Gasteiger partial charge on any atom is 0.168 e. The number of aliphatic imine (C=N–C) groups is 2. The van der Waals surface area contributed by atoms with E-state index >= 15 is 0 Å². The van der Waals surface area contributed by atoms with E-state index in [9.17, 15) is 0 Å². The van der Waals surface area contributed by atoms with Gasteiger partial charge in [-0.05, 0) is 32.1 Å². The third-order valence-corrected chi connectivity index (χ3v) is 6.74. The van der Waals surface area contributed by atoms with Gasteiger partial charge in [-0.2, -0.15) is 0 Å². The van der Waals surface area contributed by atoms with Crippen molar-refractivity contribution in [2.75, 3.05) is 18.8 Å². The zero-order valence-corrected chi connectivity index (χ0v) is 15.0. The average Bonchev–Trinajstić information content (AvgIpc) is 3.11. The van der Waals surface area contributed by atoms with Crippen LogP contribution < -0.4 is 5.32 Å². The van der Waals surface area contributed by atoms with Gasteiger partial charge in [0, 0.05) is 18.0 Å². The first-order chi connectivity index (χ1) is 10.6. The average molecular weight is 337 g/mol. The molecule has 3 aliphatic heterocycles. The highest BCUT2D eigenvalue weighted by Crippen LogP contribution is 2.37. The van der Waals surface area contributed by atoms with Crippen molar-refractivity contribution in [3.8, 4) is 0 Å². The quantitative estimate of drug-likeness (QED) is 0.839. The number of hydrogen-bond donors (Lipinski definition) is 1. The molecule has 0 saturated heterocycles. The Hall–Kier alpha value is -0.620. The lowest BCUT2D eigenvalue weighted by Gasteiger charge is -2.33. The summed E-state index contributed by atoms with van der Waals surface area (Å²) >= 11 is 3.63. The summed E-state index contributed by atoms with van der Waals surface area (Å²) in [7, 11) is 0. The van der Waals surface area contributed by atoms with Crippen LogP contribution in [0.5, 0.6) is 0 Å². The van der Waals surface area contributed by atoms with Crippen molar-refractivity contribution in [2.45, 2.75) is 57.0 Å². The largest absolute Gasteiger partial charge is 0.358 e. The summed E-state index contributed by atoms with van der Waals surface area (Å²) in [5.41, 5.74) is 1.73. The molecule has 1 spiro atoms. The van der Waals surface area contributed by atoms with E-state index in [1.54, 1.807) is 11.8 Å². The molecule has 4 rings (SSSR count). The Bertz CT molecular complexity index is 558. The van der Waals surface area contributed by atoms with Gasteiger partial charge in [0.05, 0.1) is 17.6 Å². The molecule has 3 heterocycles. The highest BCUT2D eigenvalue weighted by atomic mass is 32.2. The van der Waals surface area contributed by atoms with Gasteiger partial charge in [-0.25, -0.2) is 0 Å². The molecule has 6 heteroatoms. The summed E-state index contributed by atoms with van der Waals surface area (Å²) < 4.78 is 0. The molecular weight excluding hydrogens is 312 g/mol. The van der Waals surface area contributed by atoms with Crippen LogP contribution in [0, 0.1) is 0 Å². The van der Waals surface area contributed by atoms with Gasteiger partial charge >= 0.3 is 0 Å². The highest BCUT2D eigenvalue weighted by molar-refractivity contribution is 8.17. The first kappa shape index (κ1) is 14.9. The van der Waals surface area contributed by atoms with E-state index in [2.05, 4.69) is 29.5 Å². The minimum Gasteiger partial charge on any atom is -0.358 e. The van der Waals surface area contributed by atoms with Gasteiger partial charge in [-0.1, -0.05) is 42.8 Å². The summed E-state index contributed by atoms with van der Waals surface area (Å²) in [5, 5.41) is 8.31. The number of nitrogens with zero attached hydrogens (tertiary/aromatic N) is 3. The zero-order valence-electron chi connectivity index (χ0n) is 13.4. The molecule has 0 radical (unpaired) electrons. The number of thioether (sulfide) groups is 2. The predicted molar refractivity (Wildman–Crippen MR) is 97.6 cm³/mol. The first-order valence-electron chi connectivity index (χ1n) is 8.24. The number of amidine groups is 2. The smallest absolute Gasteiger partial charge is 0.168 e. The molecule has 0 aromatic heterocycles. The molecule has 22 heavy (non-hydrogen) atoms. The summed E-state index contributed by atoms with van der Waals surface area (Å²) in [6, 6.07) is 0. The molecular formula is C16H24N4S2. The minimum atomic E-state index is 0.0573. The Labute approximate surface area is 141 Å². The van der Waals surface area contributed by atoms with Crippen molar-refractivity contribution in [3.05, 3.63) is 11.1 Å². The van der Waals surface area contributed by atoms with Crippen molar-refractivity contribution in [1.29, 1.82) is 0 Å². The third kappa shape index (κ3) is 2.80. The standard InChI is InChI=1S/C16H24N4S2/c1-15(2)11-20-12(9-22-14(20)19-15)8-21-13-17-10-16(18-13)6-4-3-5-7-16/h9H,3-8,10-11H2,1-2H3,(H,17,18). The van der Waals surface area contributed by atoms with Crippen molar-refractivity contribution in [2.24, 2.45) is 9.98 Å². The Morgan fingerprint density at radius 2 is 2.14 bits per heavy atom. The topological polar surface area (TPSA) is 40.0 Å². The van der Waals surface area contributed by atoms with Gasteiger partial charge in [0.2, 0.25) is 0 Å². The maximum atomic E-state index is 4.78. The number of nitrogens with one attached hydrogen (secondary N) is 1. The number of rotatable bonds is 2. The van der Waals surface area contributed by atoms with Crippen LogP contribution in [0.4, 0.5) is 0 Å². The lowest BCUT2D eigenvalue weighted by molar-refractivity contribution is 0.289. The van der Waals surface area contributed by atoms with Crippen LogP contribution >= 0.6 is 23.5 Å². The summed E-state index contributed by atoms with van der Waals surface area (Å²) in [6.07, 6.45) is 6.67. The molecule has 1 fully saturated rings. The molecule has 1 saturated carbocycles. The maximum absolute atomic E-state index is 4.78. The molecule has 1 aliphatic carbocycles. The van der Waals surface area contributed by atoms with Crippen molar-refractivity contribution in [1.82, 2.24) is 10.2 Å². The number of hydrogen-bond acceptors (Lipinski definition) is 6. The second kappa shape index (κ2) is 5.48. The monoisotopic (exact) mass is 336 g/mol. The van der Waals surface area contributed by atoms with E-state index in [4.69, 9.17) is 9.98 Å². The predicted octanol–water partition coefficient (Wildman–Crippen LogP) is 3.42. The minimum absolute atomic E-state index is 0.0573. The molecule has 0 aromatic rings. The van der Waals surface area contributed by atoms with Crippen LogP contribution in [0.15, 0.2) is 21.1 Å². The zero-order chi connectivity index (χ0) is 15.2. The van der Waals surface area contributed by atoms with Gasteiger partial charge in [0.15, 0.2) is 10.3 Å². The molecule has 0 aromatic carbocycles. The third-order valence-electron chi connectivity index (χ3n) is 4.89. The number of fused-ring (bicyclic) bond motifs is 1. The molecule has 120 valence electrons. The van der Waals surface area contributed by atoms with Crippen LogP contribution in [-0.2, 0) is 0 Å². The van der Waals surface area contributed by atoms with Gasteiger partial charge in [-0.3, -0.25) is 9.98 Å². The summed E-state index contributed by atoms with van der Waals surface area (Å²) in [6.45, 7) is 6.40. The van der Waals surface area contributed by atoms with Gasteiger partial charge in [0.1, 0.15) is 0 Å². The molecule has 0 bridgehead atoms. The molecule has 0 amide bonds. The van der Waals surface area contributed by atoms with Gasteiger partial charge in [0.25, 0.3) is 0 Å². The van der Waals surface area contributed by atoms with E-state index < -0.39 is 0 Å². The van der Waals surface area contributed by atoms with Gasteiger partial charge < -0.3 is 10.2 Å². The normalized spacial score (nSPS) is 28.3. The van der Waals surface area contributed by atoms with Crippen LogP contribution in [-0.4, -0.2) is 45.2 Å². The molecule has 1 N–H and O–H groups in total. The summed E-state index contributed by atoms with van der Waals surface area (Å²) in [5.74, 6) is 0.990. The fourth-order valence-corrected chi connectivity index (χ4v) is 5.82. The van der Waals surface area contributed by atoms with E-state index in [0.29, 0.717) is 5.54 Å². The molecule has 4 nitrogen and oxygen atoms in total. The van der Waals surface area contributed by atoms with Crippen LogP contribution in [0.25, 0.3) is 0 Å². The van der Waals surface area contributed by atoms with Crippen molar-refractivity contribution in [3.63, 3.8) is 0 Å². The van der Waals surface area contributed by atoms with Crippen molar-refractivity contribution >= 4 is 33.9 Å². The Kier molecular flexibility index (Phi) is 3.72. The van der Waals surface area contributed by atoms with E-state index in [-0.39, 0.29) is 5.54 Å². The Morgan fingerprint density at radius 3 is 2.95 bits per heavy atom. The lowest BCUT2D eigenvalue weighted by Crippen LogP contribution is -2.46.